The second-order valence-corrected chi connectivity index (χ2v) is 6.46. The zero-order chi connectivity index (χ0) is 25.0. The molecule has 7 heteroatoms. The van der Waals surface area contributed by atoms with Crippen LogP contribution in [-0.2, 0) is 16.5 Å². The second kappa shape index (κ2) is 6.76. The molecule has 1 aromatic carbocycles. The molecule has 4 rings (SSSR count). The summed E-state index contributed by atoms with van der Waals surface area (Å²) in [5.41, 5.74) is -2.82. The first-order valence-corrected chi connectivity index (χ1v) is 8.67. The fraction of sp³-hybridized carbons (Fsp3) is 0.158. The Bertz CT molecular complexity index is 1420. The first-order chi connectivity index (χ1) is 15.8. The Morgan fingerprint density at radius 2 is 2.27 bits per heavy atom. The van der Waals surface area contributed by atoms with Crippen molar-refractivity contribution >= 4 is 21.8 Å². The van der Waals surface area contributed by atoms with Gasteiger partial charge in [-0.3, -0.25) is 9.19 Å². The van der Waals surface area contributed by atoms with Crippen LogP contribution in [0.25, 0.3) is 16.7 Å². The van der Waals surface area contributed by atoms with Gasteiger partial charge in [-0.05, 0) is 43.3 Å². The lowest BCUT2D eigenvalue weighted by Gasteiger charge is -2.08. The van der Waals surface area contributed by atoms with Crippen molar-refractivity contribution in [3.63, 3.8) is 0 Å². The summed E-state index contributed by atoms with van der Waals surface area (Å²) in [4.78, 5) is 10.7. The van der Waals surface area contributed by atoms with Crippen LogP contribution in [0, 0.1) is 6.92 Å². The standard InChI is InChI=1S/C19H18N4O2S/c1-13-17(20-8-7-18(13)25-2)12-26(24)19-21-15-6-5-14(11-16(15)22-19)23-9-3-4-10-23/h3-11H,12H2,1-2H3,(H,21,22)/i2D3,5D,6D,11D,12D2. The maximum absolute atomic E-state index is 13.3. The van der Waals surface area contributed by atoms with E-state index < -0.39 is 23.5 Å². The van der Waals surface area contributed by atoms with Crippen LogP contribution >= 0.6 is 0 Å². The minimum atomic E-state index is -2.77. The van der Waals surface area contributed by atoms with E-state index >= 15 is 0 Å². The molecule has 26 heavy (non-hydrogen) atoms. The van der Waals surface area contributed by atoms with Crippen molar-refractivity contribution in [3.05, 3.63) is 66.2 Å². The molecule has 0 amide bonds. The number of methoxy groups -OCH3 is 1. The number of hydrogen-bond donors (Lipinski definition) is 1. The summed E-state index contributed by atoms with van der Waals surface area (Å²) in [7, 11) is -5.28. The zero-order valence-electron chi connectivity index (χ0n) is 21.5. The molecule has 6 nitrogen and oxygen atoms in total. The van der Waals surface area contributed by atoms with Gasteiger partial charge >= 0.3 is 0 Å². The van der Waals surface area contributed by atoms with Gasteiger partial charge in [0, 0.05) is 32.6 Å². The minimum Gasteiger partial charge on any atom is -0.496 e. The average molecular weight is 374 g/mol. The monoisotopic (exact) mass is 374 g/mol. The van der Waals surface area contributed by atoms with Gasteiger partial charge in [0.15, 0.2) is 5.16 Å². The van der Waals surface area contributed by atoms with E-state index in [1.165, 1.54) is 17.6 Å². The van der Waals surface area contributed by atoms with Gasteiger partial charge in [0.05, 0.1) is 48.5 Å². The Labute approximate surface area is 164 Å². The fourth-order valence-corrected chi connectivity index (χ4v) is 3.22. The van der Waals surface area contributed by atoms with Gasteiger partial charge in [0.2, 0.25) is 0 Å². The number of nitrogens with zero attached hydrogens (tertiary/aromatic N) is 3. The van der Waals surface area contributed by atoms with Gasteiger partial charge < -0.3 is 14.3 Å². The predicted molar refractivity (Wildman–Crippen MR) is 101 cm³/mol. The van der Waals surface area contributed by atoms with Crippen LogP contribution in [-0.4, -0.2) is 30.8 Å². The molecular weight excluding hydrogens is 348 g/mol. The third kappa shape index (κ3) is 3.01. The molecule has 0 aliphatic rings. The summed E-state index contributed by atoms with van der Waals surface area (Å²) in [6, 6.07) is 3.95. The lowest BCUT2D eigenvalue weighted by atomic mass is 10.2. The highest BCUT2D eigenvalue weighted by atomic mass is 32.2. The molecule has 0 saturated heterocycles. The number of aromatic amines is 1. The van der Waals surface area contributed by atoms with Crippen molar-refractivity contribution in [2.45, 2.75) is 17.8 Å². The van der Waals surface area contributed by atoms with E-state index in [1.54, 1.807) is 24.5 Å². The molecule has 0 aliphatic carbocycles. The van der Waals surface area contributed by atoms with Crippen LogP contribution in [0.5, 0.6) is 5.75 Å². The maximum Gasteiger partial charge on any atom is 0.197 e. The van der Waals surface area contributed by atoms with E-state index in [0.717, 1.165) is 6.20 Å². The largest absolute Gasteiger partial charge is 0.496 e. The number of nitrogens with one attached hydrogen (secondary N) is 1. The summed E-state index contributed by atoms with van der Waals surface area (Å²) in [5, 5.41) is -0.352. The highest BCUT2D eigenvalue weighted by molar-refractivity contribution is 7.84. The molecule has 1 unspecified atom stereocenters. The summed E-state index contributed by atoms with van der Waals surface area (Å²) in [6.07, 6.45) is 4.39. The van der Waals surface area contributed by atoms with E-state index in [4.69, 9.17) is 15.7 Å². The van der Waals surface area contributed by atoms with Crippen molar-refractivity contribution in [1.29, 1.82) is 0 Å². The number of benzene rings is 1. The summed E-state index contributed by atoms with van der Waals surface area (Å²) in [6.45, 7) is 1.40. The Balaban J connectivity index is 1.81. The molecule has 0 fully saturated rings. The number of ether oxygens (including phenoxy) is 1. The molecule has 132 valence electrons. The zero-order valence-corrected chi connectivity index (χ0v) is 14.3. The molecule has 0 aliphatic heterocycles. The van der Waals surface area contributed by atoms with Crippen LogP contribution < -0.4 is 4.74 Å². The van der Waals surface area contributed by atoms with Crippen LogP contribution in [0.1, 0.15) is 22.2 Å². The molecule has 3 heterocycles. The predicted octanol–water partition coefficient (Wildman–Crippen LogP) is 3.37. The molecule has 0 saturated carbocycles. The van der Waals surface area contributed by atoms with E-state index in [1.807, 2.05) is 0 Å². The maximum atomic E-state index is 13.3. The molecule has 1 N–H and O–H groups in total. The molecule has 0 spiro atoms. The molecule has 0 radical (unpaired) electrons. The van der Waals surface area contributed by atoms with Gasteiger partial charge in [-0.15, -0.1) is 0 Å². The number of imidazole rings is 1. The van der Waals surface area contributed by atoms with E-state index in [9.17, 15) is 4.21 Å². The summed E-state index contributed by atoms with van der Waals surface area (Å²) >= 11 is 0. The summed E-state index contributed by atoms with van der Waals surface area (Å²) < 4.78 is 83.5. The van der Waals surface area contributed by atoms with Crippen molar-refractivity contribution < 1.29 is 19.9 Å². The topological polar surface area (TPSA) is 72.8 Å². The van der Waals surface area contributed by atoms with Crippen LogP contribution in [0.2, 0.25) is 0 Å². The number of H-pyrrole nitrogens is 1. The molecular formula is C19H18N4O2S. The Morgan fingerprint density at radius 1 is 1.42 bits per heavy atom. The van der Waals surface area contributed by atoms with Gasteiger partial charge in [-0.2, -0.15) is 0 Å². The average Bonchev–Trinajstić information content (AvgIpc) is 3.43. The van der Waals surface area contributed by atoms with Crippen molar-refractivity contribution in [2.75, 3.05) is 7.04 Å². The normalized spacial score (nSPS) is 17.9. The SMILES string of the molecule is [2H]c1c(-n2cccc2)c([2H])c2[nH]c(S(=O)C([2H])([2H])c3nccc(OC([2H])([2H])[2H])c3C)nc2c1[2H]. The third-order valence-electron chi connectivity index (χ3n) is 3.72. The van der Waals surface area contributed by atoms with E-state index in [2.05, 4.69) is 15.0 Å². The lowest BCUT2D eigenvalue weighted by Crippen LogP contribution is -2.03. The first-order valence-electron chi connectivity index (χ1n) is 11.5. The molecule has 4 aromatic rings. The fourth-order valence-electron chi connectivity index (χ4n) is 2.37. The van der Waals surface area contributed by atoms with Gasteiger partial charge in [-0.1, -0.05) is 0 Å². The number of aromatic nitrogens is 4. The van der Waals surface area contributed by atoms with Crippen molar-refractivity contribution in [1.82, 2.24) is 19.5 Å². The number of rotatable bonds is 5. The van der Waals surface area contributed by atoms with Gasteiger partial charge in [0.25, 0.3) is 0 Å². The van der Waals surface area contributed by atoms with Crippen molar-refractivity contribution in [3.8, 4) is 11.4 Å². The Morgan fingerprint density at radius 3 is 3.08 bits per heavy atom. The number of fused-ring (bicyclic) bond motifs is 1. The van der Waals surface area contributed by atoms with Crippen molar-refractivity contribution in [2.24, 2.45) is 0 Å². The van der Waals surface area contributed by atoms with Gasteiger partial charge in [-0.25, -0.2) is 4.98 Å². The minimum absolute atomic E-state index is 0.0352. The Hall–Kier alpha value is -2.93. The molecule has 3 aromatic heterocycles. The summed E-state index contributed by atoms with van der Waals surface area (Å²) in [5.74, 6) is -0.132. The number of hydrogen-bond acceptors (Lipinski definition) is 4. The van der Waals surface area contributed by atoms with Gasteiger partial charge in [0.1, 0.15) is 5.75 Å². The van der Waals surface area contributed by atoms with E-state index in [0.29, 0.717) is 0 Å². The smallest absolute Gasteiger partial charge is 0.197 e. The van der Waals surface area contributed by atoms with E-state index in [-0.39, 0.29) is 57.0 Å². The van der Waals surface area contributed by atoms with Crippen LogP contribution in [0.15, 0.2) is 60.1 Å². The number of pyridine rings is 1. The van der Waals surface area contributed by atoms with Crippen LogP contribution in [0.4, 0.5) is 0 Å². The molecule has 0 bridgehead atoms. The first kappa shape index (κ1) is 9.68. The molecule has 1 atom stereocenters. The van der Waals surface area contributed by atoms with Crippen LogP contribution in [0.3, 0.4) is 0 Å². The quantitative estimate of drug-likeness (QED) is 0.581. The highest BCUT2D eigenvalue weighted by Gasteiger charge is 2.15. The highest BCUT2D eigenvalue weighted by Crippen LogP contribution is 2.22. The Kier molecular flexibility index (Phi) is 2.52. The third-order valence-corrected chi connectivity index (χ3v) is 4.64. The second-order valence-electron chi connectivity index (χ2n) is 5.34. The lowest BCUT2D eigenvalue weighted by molar-refractivity contribution is 0.410.